The molecule has 0 aliphatic heterocycles. The second-order valence-electron chi connectivity index (χ2n) is 4.13. The summed E-state index contributed by atoms with van der Waals surface area (Å²) in [4.78, 5) is 11.7. The number of ether oxygens (including phenoxy) is 1. The molecule has 0 heterocycles. The van der Waals surface area contributed by atoms with E-state index in [1.165, 1.54) is 0 Å². The summed E-state index contributed by atoms with van der Waals surface area (Å²) in [5, 5.41) is 0.640. The summed E-state index contributed by atoms with van der Waals surface area (Å²) in [5.74, 6) is -0.432. The van der Waals surface area contributed by atoms with E-state index < -0.39 is 0 Å². The predicted octanol–water partition coefficient (Wildman–Crippen LogP) is 2.29. The lowest BCUT2D eigenvalue weighted by Crippen LogP contribution is -2.20. The highest BCUT2D eigenvalue weighted by atomic mass is 35.5. The zero-order chi connectivity index (χ0) is 12.3. The first kappa shape index (κ1) is 12.1. The summed E-state index contributed by atoms with van der Waals surface area (Å²) in [6.07, 6.45) is 4.28. The lowest BCUT2D eigenvalue weighted by atomic mass is 10.1. The van der Waals surface area contributed by atoms with Gasteiger partial charge in [0.2, 0.25) is 0 Å². The van der Waals surface area contributed by atoms with Crippen molar-refractivity contribution < 1.29 is 9.53 Å². The van der Waals surface area contributed by atoms with Crippen molar-refractivity contribution >= 4 is 17.6 Å². The Morgan fingerprint density at radius 2 is 2.29 bits per heavy atom. The smallest absolute Gasteiger partial charge is 0.313 e. The molecule has 2 N–H and O–H groups in total. The van der Waals surface area contributed by atoms with Gasteiger partial charge in [0.05, 0.1) is 5.92 Å². The minimum absolute atomic E-state index is 0.0290. The molecular weight excluding hydrogens is 238 g/mol. The van der Waals surface area contributed by atoms with Gasteiger partial charge in [0.25, 0.3) is 0 Å². The number of halogens is 1. The molecule has 0 spiro atoms. The van der Waals surface area contributed by atoms with E-state index in [-0.39, 0.29) is 24.5 Å². The maximum absolute atomic E-state index is 11.7. The molecule has 1 aliphatic rings. The van der Waals surface area contributed by atoms with Crippen molar-refractivity contribution in [1.82, 2.24) is 0 Å². The van der Waals surface area contributed by atoms with Crippen molar-refractivity contribution in [1.29, 1.82) is 0 Å². The molecular formula is C13H14ClNO2. The highest BCUT2D eigenvalue weighted by Crippen LogP contribution is 2.19. The van der Waals surface area contributed by atoms with Crippen LogP contribution in [0.2, 0.25) is 5.02 Å². The number of carbonyl (C=O) groups excluding carboxylic acids is 1. The van der Waals surface area contributed by atoms with Crippen LogP contribution in [0.5, 0.6) is 0 Å². The number of hydrogen-bond donors (Lipinski definition) is 1. The van der Waals surface area contributed by atoms with E-state index in [1.807, 2.05) is 24.3 Å². The van der Waals surface area contributed by atoms with Gasteiger partial charge in [0.15, 0.2) is 0 Å². The molecule has 0 amide bonds. The van der Waals surface area contributed by atoms with Crippen LogP contribution in [0.15, 0.2) is 36.4 Å². The molecule has 1 aliphatic carbocycles. The average molecular weight is 252 g/mol. The fraction of sp³-hybridized carbons (Fsp3) is 0.308. The molecule has 0 aromatic heterocycles. The van der Waals surface area contributed by atoms with Gasteiger partial charge in [0.1, 0.15) is 6.61 Å². The van der Waals surface area contributed by atoms with Gasteiger partial charge in [-0.25, -0.2) is 0 Å². The Labute approximate surface area is 105 Å². The Kier molecular flexibility index (Phi) is 3.82. The Hall–Kier alpha value is -1.32. The van der Waals surface area contributed by atoms with Crippen LogP contribution in [0.3, 0.4) is 0 Å². The van der Waals surface area contributed by atoms with Crippen LogP contribution >= 0.6 is 11.6 Å². The molecule has 2 atom stereocenters. The molecule has 3 nitrogen and oxygen atoms in total. The molecule has 1 aromatic carbocycles. The van der Waals surface area contributed by atoms with Gasteiger partial charge in [-0.3, -0.25) is 4.79 Å². The van der Waals surface area contributed by atoms with Gasteiger partial charge in [-0.05, 0) is 24.1 Å². The van der Waals surface area contributed by atoms with Crippen molar-refractivity contribution in [2.75, 3.05) is 0 Å². The maximum Gasteiger partial charge on any atom is 0.313 e. The minimum Gasteiger partial charge on any atom is -0.460 e. The van der Waals surface area contributed by atoms with Gasteiger partial charge in [-0.2, -0.15) is 0 Å². The standard InChI is InChI=1S/C13H14ClNO2/c14-11-3-1-2-9(6-11)8-17-13(16)10-4-5-12(15)7-10/h1-6,10,12H,7-8,15H2. The molecule has 0 saturated carbocycles. The molecule has 0 bridgehead atoms. The third kappa shape index (κ3) is 3.32. The zero-order valence-electron chi connectivity index (χ0n) is 9.30. The number of rotatable bonds is 3. The van der Waals surface area contributed by atoms with Gasteiger partial charge >= 0.3 is 5.97 Å². The van der Waals surface area contributed by atoms with Gasteiger partial charge in [-0.15, -0.1) is 0 Å². The quantitative estimate of drug-likeness (QED) is 0.662. The van der Waals surface area contributed by atoms with Crippen LogP contribution in [0.25, 0.3) is 0 Å². The second-order valence-corrected chi connectivity index (χ2v) is 4.57. The van der Waals surface area contributed by atoms with Crippen LogP contribution in [0.1, 0.15) is 12.0 Å². The van der Waals surface area contributed by atoms with Crippen molar-refractivity contribution in [3.05, 3.63) is 47.0 Å². The Morgan fingerprint density at radius 3 is 2.94 bits per heavy atom. The van der Waals surface area contributed by atoms with Gasteiger partial charge in [0, 0.05) is 11.1 Å². The van der Waals surface area contributed by atoms with Crippen LogP contribution in [0.4, 0.5) is 0 Å². The summed E-state index contributed by atoms with van der Waals surface area (Å²) >= 11 is 5.84. The number of benzene rings is 1. The number of esters is 1. The van der Waals surface area contributed by atoms with Crippen LogP contribution in [-0.4, -0.2) is 12.0 Å². The zero-order valence-corrected chi connectivity index (χ0v) is 10.1. The van der Waals surface area contributed by atoms with Crippen LogP contribution < -0.4 is 5.73 Å². The van der Waals surface area contributed by atoms with Crippen LogP contribution in [0, 0.1) is 5.92 Å². The van der Waals surface area contributed by atoms with Crippen LogP contribution in [-0.2, 0) is 16.1 Å². The summed E-state index contributed by atoms with van der Waals surface area (Å²) < 4.78 is 5.21. The largest absolute Gasteiger partial charge is 0.460 e. The van der Waals surface area contributed by atoms with E-state index in [9.17, 15) is 4.79 Å². The number of nitrogens with two attached hydrogens (primary N) is 1. The minimum atomic E-state index is -0.228. The normalized spacial score (nSPS) is 22.7. The van der Waals surface area contributed by atoms with E-state index in [0.29, 0.717) is 11.4 Å². The molecule has 2 unspecified atom stereocenters. The Bertz CT molecular complexity index is 445. The second kappa shape index (κ2) is 5.34. The van der Waals surface area contributed by atoms with Gasteiger partial charge in [-0.1, -0.05) is 35.9 Å². The fourth-order valence-corrected chi connectivity index (χ4v) is 2.00. The van der Waals surface area contributed by atoms with E-state index in [0.717, 1.165) is 5.56 Å². The van der Waals surface area contributed by atoms with Crippen molar-refractivity contribution in [3.63, 3.8) is 0 Å². The molecule has 0 fully saturated rings. The van der Waals surface area contributed by atoms with Crippen molar-refractivity contribution in [2.45, 2.75) is 19.1 Å². The first-order chi connectivity index (χ1) is 8.15. The molecule has 90 valence electrons. The van der Waals surface area contributed by atoms with E-state index >= 15 is 0 Å². The molecule has 1 aromatic rings. The molecule has 4 heteroatoms. The number of hydrogen-bond acceptors (Lipinski definition) is 3. The monoisotopic (exact) mass is 251 g/mol. The Morgan fingerprint density at radius 1 is 1.47 bits per heavy atom. The van der Waals surface area contributed by atoms with Crippen molar-refractivity contribution in [3.8, 4) is 0 Å². The lowest BCUT2D eigenvalue weighted by molar-refractivity contribution is -0.148. The Balaban J connectivity index is 1.86. The van der Waals surface area contributed by atoms with E-state index in [2.05, 4.69) is 0 Å². The average Bonchev–Trinajstić information content (AvgIpc) is 2.73. The van der Waals surface area contributed by atoms with E-state index in [1.54, 1.807) is 12.1 Å². The summed E-state index contributed by atoms with van der Waals surface area (Å²) in [7, 11) is 0. The maximum atomic E-state index is 11.7. The van der Waals surface area contributed by atoms with Crippen molar-refractivity contribution in [2.24, 2.45) is 11.7 Å². The molecule has 2 rings (SSSR count). The first-order valence-electron chi connectivity index (χ1n) is 5.50. The molecule has 17 heavy (non-hydrogen) atoms. The third-order valence-corrected chi connectivity index (χ3v) is 2.92. The fourth-order valence-electron chi connectivity index (χ4n) is 1.79. The third-order valence-electron chi connectivity index (χ3n) is 2.69. The summed E-state index contributed by atoms with van der Waals surface area (Å²) in [5.41, 5.74) is 6.56. The molecule has 0 radical (unpaired) electrons. The topological polar surface area (TPSA) is 52.3 Å². The SMILES string of the molecule is NC1C=CC(C(=O)OCc2cccc(Cl)c2)C1. The highest BCUT2D eigenvalue weighted by Gasteiger charge is 2.23. The highest BCUT2D eigenvalue weighted by molar-refractivity contribution is 6.30. The van der Waals surface area contributed by atoms with Gasteiger partial charge < -0.3 is 10.5 Å². The predicted molar refractivity (Wildman–Crippen MR) is 66.5 cm³/mol. The summed E-state index contributed by atoms with van der Waals surface area (Å²) in [6, 6.07) is 7.24. The molecule has 0 saturated heterocycles. The first-order valence-corrected chi connectivity index (χ1v) is 5.88. The lowest BCUT2D eigenvalue weighted by Gasteiger charge is -2.09. The van der Waals surface area contributed by atoms with E-state index in [4.69, 9.17) is 22.1 Å². The number of carbonyl (C=O) groups is 1. The summed E-state index contributed by atoms with van der Waals surface area (Å²) in [6.45, 7) is 0.249.